The molecule has 1 aliphatic heterocycles. The molecular weight excluding hydrogens is 333 g/mol. The van der Waals surface area contributed by atoms with Gasteiger partial charge in [0.25, 0.3) is 0 Å². The number of rotatable bonds is 3. The fourth-order valence-electron chi connectivity index (χ4n) is 3.32. The van der Waals surface area contributed by atoms with Gasteiger partial charge in [0.2, 0.25) is 5.91 Å². The quantitative estimate of drug-likeness (QED) is 0.783. The minimum absolute atomic E-state index is 0.0477. The van der Waals surface area contributed by atoms with E-state index in [2.05, 4.69) is 15.0 Å². The first-order valence-corrected chi connectivity index (χ1v) is 8.49. The molecule has 7 heteroatoms. The number of nitrogens with zero attached hydrogens (tertiary/aromatic N) is 4. The van der Waals surface area contributed by atoms with Crippen LogP contribution < -0.4 is 5.73 Å². The fraction of sp³-hybridized carbons (Fsp3) is 0.263. The van der Waals surface area contributed by atoms with E-state index in [-0.39, 0.29) is 24.1 Å². The maximum absolute atomic E-state index is 13.0. The Hall–Kier alpha value is -3.09. The molecule has 0 saturated carbocycles. The molecule has 1 unspecified atom stereocenters. The number of fused-ring (bicyclic) bond motifs is 1. The zero-order valence-corrected chi connectivity index (χ0v) is 14.1. The van der Waals surface area contributed by atoms with Gasteiger partial charge in [-0.3, -0.25) is 4.79 Å². The molecule has 6 nitrogen and oxygen atoms in total. The molecule has 1 atom stereocenters. The topological polar surface area (TPSA) is 85.0 Å². The van der Waals surface area contributed by atoms with Gasteiger partial charge in [0.1, 0.15) is 18.0 Å². The van der Waals surface area contributed by atoms with Crippen LogP contribution in [0, 0.1) is 5.82 Å². The van der Waals surface area contributed by atoms with E-state index in [9.17, 15) is 9.18 Å². The summed E-state index contributed by atoms with van der Waals surface area (Å²) in [6.07, 6.45) is 2.54. The zero-order valence-electron chi connectivity index (χ0n) is 14.1. The summed E-state index contributed by atoms with van der Waals surface area (Å²) < 4.78 is 13.0. The number of aromatic nitrogens is 3. The third kappa shape index (κ3) is 3.20. The highest BCUT2D eigenvalue weighted by Gasteiger charge is 2.28. The van der Waals surface area contributed by atoms with Crippen LogP contribution >= 0.6 is 0 Å². The summed E-state index contributed by atoms with van der Waals surface area (Å²) in [6.45, 7) is 1.31. The van der Waals surface area contributed by atoms with Crippen LogP contribution in [0.4, 0.5) is 10.2 Å². The molecule has 26 heavy (non-hydrogen) atoms. The Bertz CT molecular complexity index is 960. The Labute approximate surface area is 149 Å². The van der Waals surface area contributed by atoms with Crippen molar-refractivity contribution >= 4 is 22.8 Å². The first-order chi connectivity index (χ1) is 12.6. The monoisotopic (exact) mass is 351 g/mol. The number of hydrogen-bond donors (Lipinski definition) is 1. The number of hydrogen-bond acceptors (Lipinski definition) is 5. The summed E-state index contributed by atoms with van der Waals surface area (Å²) in [4.78, 5) is 27.1. The number of amides is 1. The summed E-state index contributed by atoms with van der Waals surface area (Å²) in [5.41, 5.74) is 8.14. The second-order valence-corrected chi connectivity index (χ2v) is 6.49. The van der Waals surface area contributed by atoms with Crippen molar-refractivity contribution in [2.75, 3.05) is 18.8 Å². The summed E-state index contributed by atoms with van der Waals surface area (Å²) in [5, 5.41) is 0.735. The third-order valence-corrected chi connectivity index (χ3v) is 4.78. The zero-order chi connectivity index (χ0) is 18.1. The second kappa shape index (κ2) is 6.67. The summed E-state index contributed by atoms with van der Waals surface area (Å²) in [5.74, 6) is 0.338. The lowest BCUT2D eigenvalue weighted by molar-refractivity contribution is -0.129. The van der Waals surface area contributed by atoms with Crippen LogP contribution in [-0.4, -0.2) is 38.8 Å². The predicted molar refractivity (Wildman–Crippen MR) is 95.8 cm³/mol. The third-order valence-electron chi connectivity index (χ3n) is 4.78. The molecule has 132 valence electrons. The molecule has 3 aromatic rings. The van der Waals surface area contributed by atoms with Crippen LogP contribution in [0.2, 0.25) is 0 Å². The van der Waals surface area contributed by atoms with Crippen molar-refractivity contribution in [2.24, 2.45) is 0 Å². The minimum Gasteiger partial charge on any atom is -0.383 e. The molecule has 4 rings (SSSR count). The van der Waals surface area contributed by atoms with Crippen molar-refractivity contribution in [3.8, 4) is 0 Å². The highest BCUT2D eigenvalue weighted by Crippen LogP contribution is 2.28. The molecule has 0 radical (unpaired) electrons. The van der Waals surface area contributed by atoms with Crippen LogP contribution in [0.1, 0.15) is 23.6 Å². The number of nitrogen functional groups attached to an aromatic ring is 1. The first-order valence-electron chi connectivity index (χ1n) is 8.49. The van der Waals surface area contributed by atoms with Crippen LogP contribution in [0.15, 0.2) is 42.7 Å². The molecule has 1 fully saturated rings. The Kier molecular flexibility index (Phi) is 4.20. The standard InChI is InChI=1S/C19H18FN5O/c20-14-3-1-12(2-4-14)9-17(26)25-8-7-13(10-25)16-6-5-15-18(21)22-11-23-19(15)24-16/h1-6,11,13H,7-10H2,(H2,21,22,23,24). The van der Waals surface area contributed by atoms with Gasteiger partial charge in [0.15, 0.2) is 5.65 Å². The van der Waals surface area contributed by atoms with E-state index in [4.69, 9.17) is 5.73 Å². The predicted octanol–water partition coefficient (Wildman–Crippen LogP) is 2.30. The maximum atomic E-state index is 13.0. The highest BCUT2D eigenvalue weighted by atomic mass is 19.1. The number of carbonyl (C=O) groups excluding carboxylic acids is 1. The largest absolute Gasteiger partial charge is 0.383 e. The smallest absolute Gasteiger partial charge is 0.227 e. The van der Waals surface area contributed by atoms with Crippen LogP contribution in [0.25, 0.3) is 11.0 Å². The van der Waals surface area contributed by atoms with Crippen molar-refractivity contribution in [3.05, 3.63) is 59.8 Å². The molecule has 0 spiro atoms. The lowest BCUT2D eigenvalue weighted by atomic mass is 10.0. The van der Waals surface area contributed by atoms with Crippen molar-refractivity contribution in [2.45, 2.75) is 18.8 Å². The van der Waals surface area contributed by atoms with Crippen LogP contribution in [0.3, 0.4) is 0 Å². The normalized spacial score (nSPS) is 17.0. The molecule has 1 aliphatic rings. The van der Waals surface area contributed by atoms with Gasteiger partial charge in [-0.15, -0.1) is 0 Å². The highest BCUT2D eigenvalue weighted by molar-refractivity contribution is 5.84. The number of likely N-dealkylation sites (tertiary alicyclic amines) is 1. The van der Waals surface area contributed by atoms with Gasteiger partial charge in [-0.1, -0.05) is 12.1 Å². The number of halogens is 1. The van der Waals surface area contributed by atoms with E-state index in [0.29, 0.717) is 24.6 Å². The molecule has 0 aliphatic carbocycles. The van der Waals surface area contributed by atoms with Crippen LogP contribution in [0.5, 0.6) is 0 Å². The van der Waals surface area contributed by atoms with Gasteiger partial charge in [-0.05, 0) is 36.2 Å². The van der Waals surface area contributed by atoms with Gasteiger partial charge < -0.3 is 10.6 Å². The van der Waals surface area contributed by atoms with E-state index < -0.39 is 0 Å². The van der Waals surface area contributed by atoms with E-state index in [1.165, 1.54) is 18.5 Å². The molecule has 2 N–H and O–H groups in total. The van der Waals surface area contributed by atoms with Crippen molar-refractivity contribution < 1.29 is 9.18 Å². The Balaban J connectivity index is 1.46. The fourth-order valence-corrected chi connectivity index (χ4v) is 3.32. The van der Waals surface area contributed by atoms with Gasteiger partial charge in [0, 0.05) is 24.7 Å². The number of anilines is 1. The van der Waals surface area contributed by atoms with Crippen molar-refractivity contribution in [1.82, 2.24) is 19.9 Å². The molecular formula is C19H18FN5O. The number of nitrogens with two attached hydrogens (primary N) is 1. The average Bonchev–Trinajstić information content (AvgIpc) is 3.14. The second-order valence-electron chi connectivity index (χ2n) is 6.49. The minimum atomic E-state index is -0.297. The average molecular weight is 351 g/mol. The first kappa shape index (κ1) is 16.4. The Morgan fingerprint density at radius 1 is 1.19 bits per heavy atom. The molecule has 1 amide bonds. The van der Waals surface area contributed by atoms with Crippen molar-refractivity contribution in [3.63, 3.8) is 0 Å². The van der Waals surface area contributed by atoms with E-state index in [1.54, 1.807) is 12.1 Å². The summed E-state index contributed by atoms with van der Waals surface area (Å²) >= 11 is 0. The lowest BCUT2D eigenvalue weighted by Gasteiger charge is -2.16. The molecule has 1 saturated heterocycles. The molecule has 1 aromatic carbocycles. The molecule has 3 heterocycles. The lowest BCUT2D eigenvalue weighted by Crippen LogP contribution is -2.29. The number of carbonyl (C=O) groups is 1. The van der Waals surface area contributed by atoms with Gasteiger partial charge in [-0.25, -0.2) is 19.3 Å². The van der Waals surface area contributed by atoms with Gasteiger partial charge >= 0.3 is 0 Å². The number of benzene rings is 1. The SMILES string of the molecule is Nc1ncnc2nc(C3CCN(C(=O)Cc4ccc(F)cc4)C3)ccc12. The van der Waals surface area contributed by atoms with Crippen LogP contribution in [-0.2, 0) is 11.2 Å². The summed E-state index contributed by atoms with van der Waals surface area (Å²) in [6, 6.07) is 9.87. The van der Waals surface area contributed by atoms with Crippen molar-refractivity contribution in [1.29, 1.82) is 0 Å². The maximum Gasteiger partial charge on any atom is 0.227 e. The molecule has 2 aromatic heterocycles. The Morgan fingerprint density at radius 2 is 2.00 bits per heavy atom. The summed E-state index contributed by atoms with van der Waals surface area (Å²) in [7, 11) is 0. The van der Waals surface area contributed by atoms with E-state index in [1.807, 2.05) is 17.0 Å². The van der Waals surface area contributed by atoms with E-state index in [0.717, 1.165) is 23.1 Å². The number of pyridine rings is 1. The van der Waals surface area contributed by atoms with E-state index >= 15 is 0 Å². The Morgan fingerprint density at radius 3 is 2.81 bits per heavy atom. The van der Waals surface area contributed by atoms with Gasteiger partial charge in [0.05, 0.1) is 11.8 Å². The van der Waals surface area contributed by atoms with Gasteiger partial charge in [-0.2, -0.15) is 0 Å². The molecule has 0 bridgehead atoms.